The number of hydrogen-bond donors (Lipinski definition) is 0. The lowest BCUT2D eigenvalue weighted by Gasteiger charge is -2.17. The molecule has 0 atom stereocenters. The first-order valence-corrected chi connectivity index (χ1v) is 9.97. The van der Waals surface area contributed by atoms with Crippen molar-refractivity contribution < 1.29 is 27.6 Å². The van der Waals surface area contributed by atoms with Crippen molar-refractivity contribution in [3.05, 3.63) is 53.1 Å². The maximum absolute atomic E-state index is 12.3. The van der Waals surface area contributed by atoms with E-state index in [1.165, 1.54) is 0 Å². The summed E-state index contributed by atoms with van der Waals surface area (Å²) in [6.45, 7) is 3.96. The van der Waals surface area contributed by atoms with Crippen LogP contribution in [-0.2, 0) is 24.7 Å². The van der Waals surface area contributed by atoms with Gasteiger partial charge in [0.1, 0.15) is 5.75 Å². The number of halogens is 1. The van der Waals surface area contributed by atoms with Gasteiger partial charge in [0, 0.05) is 5.02 Å². The van der Waals surface area contributed by atoms with Crippen LogP contribution in [0.4, 0.5) is 0 Å². The summed E-state index contributed by atoms with van der Waals surface area (Å²) in [6, 6.07) is 12.3. The summed E-state index contributed by atoms with van der Waals surface area (Å²) in [6.07, 6.45) is 0. The van der Waals surface area contributed by atoms with Crippen LogP contribution in [0.25, 0.3) is 0 Å². The van der Waals surface area contributed by atoms with Crippen molar-refractivity contribution in [2.45, 2.75) is 20.5 Å². The van der Waals surface area contributed by atoms with Crippen LogP contribution in [0.15, 0.2) is 42.5 Å². The SMILES string of the molecule is CCOP(=O)(OCC)OCc1ccc(Oc2ccc(Cl)cc2)c(OC)c1. The number of rotatable bonds is 10. The lowest BCUT2D eigenvalue weighted by atomic mass is 10.2. The van der Waals surface area contributed by atoms with Gasteiger partial charge in [-0.1, -0.05) is 17.7 Å². The zero-order valence-corrected chi connectivity index (χ0v) is 16.6. The summed E-state index contributed by atoms with van der Waals surface area (Å²) < 4.78 is 39.1. The van der Waals surface area contributed by atoms with Crippen molar-refractivity contribution in [2.75, 3.05) is 20.3 Å². The summed E-state index contributed by atoms with van der Waals surface area (Å²) in [4.78, 5) is 0. The number of ether oxygens (including phenoxy) is 2. The van der Waals surface area contributed by atoms with Gasteiger partial charge in [0.25, 0.3) is 0 Å². The molecule has 0 aliphatic carbocycles. The van der Waals surface area contributed by atoms with E-state index in [0.717, 1.165) is 5.56 Å². The van der Waals surface area contributed by atoms with Gasteiger partial charge < -0.3 is 9.47 Å². The van der Waals surface area contributed by atoms with Crippen LogP contribution >= 0.6 is 19.4 Å². The van der Waals surface area contributed by atoms with E-state index >= 15 is 0 Å². The monoisotopic (exact) mass is 400 g/mol. The Morgan fingerprint density at radius 3 is 2.15 bits per heavy atom. The Kier molecular flexibility index (Phi) is 7.94. The van der Waals surface area contributed by atoms with E-state index in [9.17, 15) is 4.57 Å². The van der Waals surface area contributed by atoms with Crippen molar-refractivity contribution in [1.82, 2.24) is 0 Å². The molecule has 2 aromatic rings. The Labute approximate surface area is 158 Å². The average Bonchev–Trinajstić information content (AvgIpc) is 2.63. The zero-order valence-electron chi connectivity index (χ0n) is 14.9. The largest absolute Gasteiger partial charge is 0.493 e. The molecular formula is C18H22ClO6P. The smallest absolute Gasteiger partial charge is 0.475 e. The summed E-state index contributed by atoms with van der Waals surface area (Å²) in [5, 5.41) is 0.629. The third-order valence-corrected chi connectivity index (χ3v) is 5.08. The Balaban J connectivity index is 2.09. The molecule has 0 saturated carbocycles. The van der Waals surface area contributed by atoms with Crippen LogP contribution in [0.5, 0.6) is 17.2 Å². The fourth-order valence-corrected chi connectivity index (χ4v) is 3.39. The molecule has 0 aromatic heterocycles. The second-order valence-electron chi connectivity index (χ2n) is 5.10. The number of phosphoric ester groups is 1. The first-order chi connectivity index (χ1) is 12.5. The molecule has 0 N–H and O–H groups in total. The molecule has 0 radical (unpaired) electrons. The van der Waals surface area contributed by atoms with Crippen LogP contribution in [0.2, 0.25) is 5.02 Å². The molecule has 0 bridgehead atoms. The van der Waals surface area contributed by atoms with Crippen molar-refractivity contribution in [3.63, 3.8) is 0 Å². The molecule has 142 valence electrons. The van der Waals surface area contributed by atoms with Gasteiger partial charge in [-0.3, -0.25) is 13.6 Å². The van der Waals surface area contributed by atoms with Crippen molar-refractivity contribution in [3.8, 4) is 17.2 Å². The van der Waals surface area contributed by atoms with Gasteiger partial charge in [0.15, 0.2) is 11.5 Å². The average molecular weight is 401 g/mol. The normalized spacial score (nSPS) is 11.4. The molecule has 8 heteroatoms. The van der Waals surface area contributed by atoms with Crippen LogP contribution < -0.4 is 9.47 Å². The fraction of sp³-hybridized carbons (Fsp3) is 0.333. The van der Waals surface area contributed by atoms with Gasteiger partial charge in [-0.05, 0) is 55.8 Å². The van der Waals surface area contributed by atoms with E-state index in [4.69, 9.17) is 34.6 Å². The molecular weight excluding hydrogens is 379 g/mol. The molecule has 0 spiro atoms. The summed E-state index contributed by atoms with van der Waals surface area (Å²) in [7, 11) is -2.02. The third-order valence-electron chi connectivity index (χ3n) is 3.23. The minimum absolute atomic E-state index is 0.0505. The topological polar surface area (TPSA) is 63.2 Å². The lowest BCUT2D eigenvalue weighted by Crippen LogP contribution is -2.01. The Morgan fingerprint density at radius 1 is 0.923 bits per heavy atom. The van der Waals surface area contributed by atoms with Crippen molar-refractivity contribution in [1.29, 1.82) is 0 Å². The molecule has 2 aromatic carbocycles. The minimum atomic E-state index is -3.56. The summed E-state index contributed by atoms with van der Waals surface area (Å²) in [5.41, 5.74) is 0.741. The molecule has 0 aliphatic heterocycles. The summed E-state index contributed by atoms with van der Waals surface area (Å²) in [5.74, 6) is 1.69. The van der Waals surface area contributed by atoms with Crippen LogP contribution in [0.3, 0.4) is 0 Å². The van der Waals surface area contributed by atoms with Gasteiger partial charge in [-0.25, -0.2) is 4.57 Å². The second-order valence-corrected chi connectivity index (χ2v) is 7.20. The summed E-state index contributed by atoms with van der Waals surface area (Å²) >= 11 is 5.87. The maximum Gasteiger partial charge on any atom is 0.475 e. The van der Waals surface area contributed by atoms with Crippen molar-refractivity contribution in [2.24, 2.45) is 0 Å². The predicted octanol–water partition coefficient (Wildman–Crippen LogP) is 5.84. The molecule has 6 nitrogen and oxygen atoms in total. The van der Waals surface area contributed by atoms with Crippen molar-refractivity contribution >= 4 is 19.4 Å². The minimum Gasteiger partial charge on any atom is -0.493 e. The third kappa shape index (κ3) is 6.01. The van der Waals surface area contributed by atoms with Crippen LogP contribution in [0, 0.1) is 0 Å². The standard InChI is InChI=1S/C18H22ClO6P/c1-4-22-26(20,23-5-2)24-13-14-6-11-17(18(12-14)21-3)25-16-9-7-15(19)8-10-16/h6-12H,4-5,13H2,1-3H3. The van der Waals surface area contributed by atoms with Gasteiger partial charge >= 0.3 is 7.82 Å². The van der Waals surface area contributed by atoms with Crippen LogP contribution in [-0.4, -0.2) is 20.3 Å². The van der Waals surface area contributed by atoms with Gasteiger partial charge in [0.05, 0.1) is 26.9 Å². The molecule has 0 fully saturated rings. The number of benzene rings is 2. The molecule has 0 unspecified atom stereocenters. The van der Waals surface area contributed by atoms with E-state index in [-0.39, 0.29) is 19.8 Å². The highest BCUT2D eigenvalue weighted by atomic mass is 35.5. The molecule has 0 saturated heterocycles. The second kappa shape index (κ2) is 9.95. The number of methoxy groups -OCH3 is 1. The first kappa shape index (κ1) is 20.7. The highest BCUT2D eigenvalue weighted by Gasteiger charge is 2.25. The van der Waals surface area contributed by atoms with Crippen LogP contribution in [0.1, 0.15) is 19.4 Å². The molecule has 2 rings (SSSR count). The zero-order chi connectivity index (χ0) is 19.0. The molecule has 26 heavy (non-hydrogen) atoms. The fourth-order valence-electron chi connectivity index (χ4n) is 2.10. The Bertz CT molecular complexity index is 740. The van der Waals surface area contributed by atoms with E-state index in [1.54, 1.807) is 63.4 Å². The predicted molar refractivity (Wildman–Crippen MR) is 100 cm³/mol. The molecule has 0 aliphatic rings. The molecule has 0 amide bonds. The first-order valence-electron chi connectivity index (χ1n) is 8.13. The Hall–Kier alpha value is -1.56. The van der Waals surface area contributed by atoms with E-state index < -0.39 is 7.82 Å². The lowest BCUT2D eigenvalue weighted by molar-refractivity contribution is 0.116. The van der Waals surface area contributed by atoms with E-state index in [1.807, 2.05) is 0 Å². The quantitative estimate of drug-likeness (QED) is 0.467. The van der Waals surface area contributed by atoms with Gasteiger partial charge in [-0.2, -0.15) is 0 Å². The molecule has 0 heterocycles. The Morgan fingerprint density at radius 2 is 1.58 bits per heavy atom. The highest BCUT2D eigenvalue weighted by molar-refractivity contribution is 7.48. The maximum atomic E-state index is 12.3. The number of hydrogen-bond acceptors (Lipinski definition) is 6. The van der Waals surface area contributed by atoms with Gasteiger partial charge in [-0.15, -0.1) is 0 Å². The number of phosphoric acid groups is 1. The highest BCUT2D eigenvalue weighted by Crippen LogP contribution is 2.50. The van der Waals surface area contributed by atoms with E-state index in [0.29, 0.717) is 22.3 Å². The van der Waals surface area contributed by atoms with E-state index in [2.05, 4.69) is 0 Å². The van der Waals surface area contributed by atoms with Gasteiger partial charge in [0.2, 0.25) is 0 Å².